The lowest BCUT2D eigenvalue weighted by Gasteiger charge is -2.34. The molecule has 0 bridgehead atoms. The van der Waals surface area contributed by atoms with Gasteiger partial charge in [-0.2, -0.15) is 0 Å². The molecule has 186 valence electrons. The van der Waals surface area contributed by atoms with Gasteiger partial charge in [-0.25, -0.2) is 4.98 Å². The van der Waals surface area contributed by atoms with Crippen LogP contribution in [0.5, 0.6) is 17.2 Å². The van der Waals surface area contributed by atoms with Gasteiger partial charge < -0.3 is 24.4 Å². The van der Waals surface area contributed by atoms with Crippen molar-refractivity contribution in [3.8, 4) is 17.2 Å². The number of methoxy groups -OCH3 is 3. The maximum absolute atomic E-state index is 12.9. The molecule has 0 unspecified atom stereocenters. The van der Waals surface area contributed by atoms with Gasteiger partial charge in [0.15, 0.2) is 11.5 Å². The van der Waals surface area contributed by atoms with Gasteiger partial charge in [0.25, 0.3) is 5.56 Å². The molecule has 3 aromatic rings. The maximum atomic E-state index is 12.9. The van der Waals surface area contributed by atoms with Crippen molar-refractivity contribution in [1.82, 2.24) is 14.9 Å². The Kier molecular flexibility index (Phi) is 7.74. The second-order valence-corrected chi connectivity index (χ2v) is 8.60. The van der Waals surface area contributed by atoms with E-state index in [2.05, 4.69) is 27.3 Å². The average Bonchev–Trinajstić information content (AvgIpc) is 2.90. The van der Waals surface area contributed by atoms with Crippen molar-refractivity contribution in [2.24, 2.45) is 0 Å². The molecule has 1 aliphatic heterocycles. The second-order valence-electron chi connectivity index (χ2n) is 8.60. The van der Waals surface area contributed by atoms with Crippen LogP contribution in [0.15, 0.2) is 47.5 Å². The first-order valence-electron chi connectivity index (χ1n) is 11.8. The predicted molar refractivity (Wildman–Crippen MR) is 135 cm³/mol. The van der Waals surface area contributed by atoms with E-state index in [1.165, 1.54) is 23.7 Å². The smallest absolute Gasteiger partial charge is 0.261 e. The summed E-state index contributed by atoms with van der Waals surface area (Å²) in [4.78, 5) is 32.1. The zero-order chi connectivity index (χ0) is 24.8. The molecule has 1 amide bonds. The molecule has 1 aromatic heterocycles. The second kappa shape index (κ2) is 11.1. The van der Waals surface area contributed by atoms with Crippen LogP contribution < -0.4 is 30.0 Å². The zero-order valence-corrected chi connectivity index (χ0v) is 20.5. The van der Waals surface area contributed by atoms with E-state index in [-0.39, 0.29) is 17.5 Å². The Bertz CT molecular complexity index is 1220. The number of hydrogen-bond acceptors (Lipinski definition) is 7. The topological polar surface area (TPSA) is 94.9 Å². The number of rotatable bonds is 9. The summed E-state index contributed by atoms with van der Waals surface area (Å²) < 4.78 is 17.3. The van der Waals surface area contributed by atoms with Crippen LogP contribution in [-0.2, 0) is 11.3 Å². The third-order valence-electron chi connectivity index (χ3n) is 6.43. The van der Waals surface area contributed by atoms with Gasteiger partial charge in [-0.15, -0.1) is 0 Å². The van der Waals surface area contributed by atoms with Gasteiger partial charge in [0.1, 0.15) is 5.75 Å². The number of nitrogens with zero attached hydrogens (tertiary/aromatic N) is 3. The monoisotopic (exact) mass is 480 g/mol. The third kappa shape index (κ3) is 5.67. The van der Waals surface area contributed by atoms with Crippen molar-refractivity contribution >= 4 is 22.5 Å². The third-order valence-corrected chi connectivity index (χ3v) is 6.43. The Balaban J connectivity index is 1.26. The minimum Gasteiger partial charge on any atom is -0.497 e. The van der Waals surface area contributed by atoms with E-state index in [4.69, 9.17) is 14.2 Å². The van der Waals surface area contributed by atoms with E-state index >= 15 is 0 Å². The lowest BCUT2D eigenvalue weighted by molar-refractivity contribution is -0.122. The summed E-state index contributed by atoms with van der Waals surface area (Å²) in [6.07, 6.45) is 4.23. The molecule has 0 saturated carbocycles. The number of anilines is 1. The molecule has 2 aromatic carbocycles. The fourth-order valence-corrected chi connectivity index (χ4v) is 4.43. The summed E-state index contributed by atoms with van der Waals surface area (Å²) in [6, 6.07) is 11.6. The molecule has 1 aliphatic rings. The van der Waals surface area contributed by atoms with E-state index in [9.17, 15) is 9.59 Å². The summed E-state index contributed by atoms with van der Waals surface area (Å²) in [7, 11) is 4.73. The number of carbonyl (C=O) groups excluding carboxylic acids is 1. The molecule has 1 saturated heterocycles. The summed E-state index contributed by atoms with van der Waals surface area (Å²) in [6.45, 7) is 2.20. The fraction of sp³-hybridized carbons (Fsp3) is 0.423. The molecule has 9 nitrogen and oxygen atoms in total. The lowest BCUT2D eigenvalue weighted by Crippen LogP contribution is -2.44. The van der Waals surface area contributed by atoms with Crippen molar-refractivity contribution in [3.05, 3.63) is 53.1 Å². The van der Waals surface area contributed by atoms with Crippen LogP contribution in [0.4, 0.5) is 5.69 Å². The number of hydrogen-bond donors (Lipinski definition) is 1. The molecule has 0 atom stereocenters. The molecule has 1 fully saturated rings. The van der Waals surface area contributed by atoms with Gasteiger partial charge in [0.05, 0.1) is 38.6 Å². The summed E-state index contributed by atoms with van der Waals surface area (Å²) in [5.41, 5.74) is 1.55. The Hall–Kier alpha value is -3.75. The average molecular weight is 481 g/mol. The zero-order valence-electron chi connectivity index (χ0n) is 20.5. The SMILES string of the molecule is COc1ccc(N2CCC(NC(=O)CCCn3cnc4cc(OC)c(OC)cc4c3=O)CC2)cc1. The van der Waals surface area contributed by atoms with E-state index in [0.29, 0.717) is 41.8 Å². The molecule has 9 heteroatoms. The number of aryl methyl sites for hydroxylation is 1. The summed E-state index contributed by atoms with van der Waals surface area (Å²) in [5, 5.41) is 3.61. The van der Waals surface area contributed by atoms with Crippen molar-refractivity contribution in [3.63, 3.8) is 0 Å². The van der Waals surface area contributed by atoms with Crippen LogP contribution in [0.3, 0.4) is 0 Å². The molecule has 0 radical (unpaired) electrons. The van der Waals surface area contributed by atoms with Gasteiger partial charge in [0.2, 0.25) is 5.91 Å². The standard InChI is InChI=1S/C26H32N4O5/c1-33-20-8-6-19(7-9-20)29-13-10-18(11-14-29)28-25(31)5-4-12-30-17-27-22-16-24(35-3)23(34-2)15-21(22)26(30)32/h6-9,15-18H,4-5,10-14H2,1-3H3,(H,28,31). The number of carbonyl (C=O) groups is 1. The molecular formula is C26H32N4O5. The lowest BCUT2D eigenvalue weighted by atomic mass is 10.0. The minimum atomic E-state index is -0.165. The maximum Gasteiger partial charge on any atom is 0.261 e. The van der Waals surface area contributed by atoms with Gasteiger partial charge in [0, 0.05) is 43.9 Å². The highest BCUT2D eigenvalue weighted by atomic mass is 16.5. The summed E-state index contributed by atoms with van der Waals surface area (Å²) >= 11 is 0. The van der Waals surface area contributed by atoms with Gasteiger partial charge in [-0.1, -0.05) is 0 Å². The molecule has 1 N–H and O–H groups in total. The van der Waals surface area contributed by atoms with E-state index in [1.807, 2.05) is 12.1 Å². The van der Waals surface area contributed by atoms with Crippen LogP contribution in [0, 0.1) is 0 Å². The quantitative estimate of drug-likeness (QED) is 0.503. The van der Waals surface area contributed by atoms with Crippen LogP contribution >= 0.6 is 0 Å². The van der Waals surface area contributed by atoms with Crippen LogP contribution in [0.25, 0.3) is 10.9 Å². The van der Waals surface area contributed by atoms with Crippen LogP contribution in [0.2, 0.25) is 0 Å². The number of piperidine rings is 1. The first-order chi connectivity index (χ1) is 17.0. The number of nitrogens with one attached hydrogen (secondary N) is 1. The molecule has 35 heavy (non-hydrogen) atoms. The molecule has 0 spiro atoms. The normalized spacial score (nSPS) is 14.1. The van der Waals surface area contributed by atoms with E-state index in [1.54, 1.807) is 26.4 Å². The Morgan fingerprint density at radius 2 is 1.71 bits per heavy atom. The van der Waals surface area contributed by atoms with Crippen LogP contribution in [0.1, 0.15) is 25.7 Å². The van der Waals surface area contributed by atoms with Gasteiger partial charge in [-0.05, 0) is 49.6 Å². The van der Waals surface area contributed by atoms with E-state index < -0.39 is 0 Å². The van der Waals surface area contributed by atoms with Crippen LogP contribution in [-0.4, -0.2) is 55.9 Å². The largest absolute Gasteiger partial charge is 0.497 e. The van der Waals surface area contributed by atoms with Gasteiger partial charge in [-0.3, -0.25) is 14.2 Å². The summed E-state index contributed by atoms with van der Waals surface area (Å²) in [5.74, 6) is 1.86. The number of amides is 1. The highest BCUT2D eigenvalue weighted by molar-refractivity contribution is 5.81. The Labute approximate surface area is 204 Å². The number of benzene rings is 2. The number of fused-ring (bicyclic) bond motifs is 1. The molecular weight excluding hydrogens is 448 g/mol. The first-order valence-corrected chi connectivity index (χ1v) is 11.8. The number of ether oxygens (including phenoxy) is 3. The van der Waals surface area contributed by atoms with Crippen molar-refractivity contribution in [2.75, 3.05) is 39.3 Å². The molecule has 4 rings (SSSR count). The molecule has 0 aliphatic carbocycles. The van der Waals surface area contributed by atoms with Crippen molar-refractivity contribution in [2.45, 2.75) is 38.3 Å². The highest BCUT2D eigenvalue weighted by Crippen LogP contribution is 2.29. The van der Waals surface area contributed by atoms with Crippen molar-refractivity contribution in [1.29, 1.82) is 0 Å². The fourth-order valence-electron chi connectivity index (χ4n) is 4.43. The Morgan fingerprint density at radius 1 is 1.03 bits per heavy atom. The highest BCUT2D eigenvalue weighted by Gasteiger charge is 2.21. The predicted octanol–water partition coefficient (Wildman–Crippen LogP) is 2.99. The first kappa shape index (κ1) is 24.4. The van der Waals surface area contributed by atoms with Gasteiger partial charge >= 0.3 is 0 Å². The minimum absolute atomic E-state index is 0.0149. The van der Waals surface area contributed by atoms with E-state index in [0.717, 1.165) is 31.7 Å². The molecule has 2 heterocycles. The Morgan fingerprint density at radius 3 is 2.37 bits per heavy atom. The van der Waals surface area contributed by atoms with Crippen molar-refractivity contribution < 1.29 is 19.0 Å². The number of aromatic nitrogens is 2.